The molecular weight excluding hydrogens is 290 g/mol. The number of ether oxygens (including phenoxy) is 2. The molecule has 1 unspecified atom stereocenters. The maximum absolute atomic E-state index is 10.1. The lowest BCUT2D eigenvalue weighted by atomic mass is 10.1. The van der Waals surface area contributed by atoms with Gasteiger partial charge in [0, 0.05) is 11.1 Å². The van der Waals surface area contributed by atoms with Crippen molar-refractivity contribution in [1.82, 2.24) is 0 Å². The Morgan fingerprint density at radius 2 is 2.05 bits per heavy atom. The van der Waals surface area contributed by atoms with Crippen molar-refractivity contribution in [2.75, 3.05) is 13.7 Å². The van der Waals surface area contributed by atoms with Crippen molar-refractivity contribution < 1.29 is 14.6 Å². The van der Waals surface area contributed by atoms with Crippen molar-refractivity contribution in [3.8, 4) is 17.6 Å². The molecule has 2 aromatic carbocycles. The van der Waals surface area contributed by atoms with Crippen LogP contribution in [-0.4, -0.2) is 18.8 Å². The second-order valence-electron chi connectivity index (χ2n) is 4.36. The van der Waals surface area contributed by atoms with Crippen LogP contribution in [0.25, 0.3) is 0 Å². The molecule has 0 heterocycles. The van der Waals surface area contributed by atoms with Crippen LogP contribution in [0.3, 0.4) is 0 Å². The summed E-state index contributed by atoms with van der Waals surface area (Å²) in [6.07, 6.45) is -0.802. The number of aliphatic hydroxyl groups is 1. The van der Waals surface area contributed by atoms with Gasteiger partial charge in [-0.05, 0) is 29.8 Å². The molecule has 0 aliphatic rings. The highest BCUT2D eigenvalue weighted by Gasteiger charge is 2.11. The summed E-state index contributed by atoms with van der Waals surface area (Å²) in [6, 6.07) is 13.8. The minimum absolute atomic E-state index is 0.0581. The van der Waals surface area contributed by atoms with Crippen molar-refractivity contribution in [2.24, 2.45) is 0 Å². The van der Waals surface area contributed by atoms with Gasteiger partial charge in [-0.2, -0.15) is 5.26 Å². The molecule has 108 valence electrons. The first-order valence-electron chi connectivity index (χ1n) is 6.28. The van der Waals surface area contributed by atoms with Gasteiger partial charge in [0.05, 0.1) is 18.7 Å². The van der Waals surface area contributed by atoms with E-state index in [9.17, 15) is 5.11 Å². The first-order valence-corrected chi connectivity index (χ1v) is 6.66. The third-order valence-electron chi connectivity index (χ3n) is 2.92. The highest BCUT2D eigenvalue weighted by atomic mass is 35.5. The van der Waals surface area contributed by atoms with Gasteiger partial charge < -0.3 is 14.6 Å². The minimum atomic E-state index is -0.802. The van der Waals surface area contributed by atoms with Gasteiger partial charge in [-0.3, -0.25) is 0 Å². The molecule has 5 heteroatoms. The molecule has 0 fully saturated rings. The van der Waals surface area contributed by atoms with E-state index in [0.29, 0.717) is 27.6 Å². The summed E-state index contributed by atoms with van der Waals surface area (Å²) in [5.41, 5.74) is 1.16. The molecular formula is C16H14ClNO3. The lowest BCUT2D eigenvalue weighted by Gasteiger charge is -2.15. The van der Waals surface area contributed by atoms with Gasteiger partial charge in [0.2, 0.25) is 0 Å². The zero-order chi connectivity index (χ0) is 15.2. The summed E-state index contributed by atoms with van der Waals surface area (Å²) in [7, 11) is 1.50. The molecule has 1 N–H and O–H groups in total. The lowest BCUT2D eigenvalue weighted by Crippen LogP contribution is -2.10. The Morgan fingerprint density at radius 1 is 1.24 bits per heavy atom. The van der Waals surface area contributed by atoms with Crippen molar-refractivity contribution in [3.63, 3.8) is 0 Å². The summed E-state index contributed by atoms with van der Waals surface area (Å²) in [6.45, 7) is 0.0581. The summed E-state index contributed by atoms with van der Waals surface area (Å²) in [5, 5.41) is 19.5. The number of nitriles is 1. The van der Waals surface area contributed by atoms with E-state index in [-0.39, 0.29) is 6.61 Å². The Bertz CT molecular complexity index is 667. The molecule has 2 rings (SSSR count). The molecule has 0 radical (unpaired) electrons. The van der Waals surface area contributed by atoms with E-state index < -0.39 is 6.10 Å². The fourth-order valence-corrected chi connectivity index (χ4v) is 2.03. The molecule has 2 aromatic rings. The van der Waals surface area contributed by atoms with Crippen LogP contribution < -0.4 is 9.47 Å². The van der Waals surface area contributed by atoms with Gasteiger partial charge in [-0.15, -0.1) is 0 Å². The summed E-state index contributed by atoms with van der Waals surface area (Å²) < 4.78 is 10.7. The molecule has 0 aliphatic heterocycles. The van der Waals surface area contributed by atoms with Gasteiger partial charge in [0.25, 0.3) is 0 Å². The Morgan fingerprint density at radius 3 is 2.71 bits per heavy atom. The number of methoxy groups -OCH3 is 1. The zero-order valence-electron chi connectivity index (χ0n) is 11.4. The highest BCUT2D eigenvalue weighted by molar-refractivity contribution is 6.30. The van der Waals surface area contributed by atoms with Crippen LogP contribution in [0.4, 0.5) is 0 Å². The standard InChI is InChI=1S/C16H14ClNO3/c1-20-16-7-11(9-18)5-6-15(16)21-10-14(19)12-3-2-4-13(17)8-12/h2-8,14,19H,10H2,1H3. The highest BCUT2D eigenvalue weighted by Crippen LogP contribution is 2.29. The molecule has 0 saturated carbocycles. The van der Waals surface area contributed by atoms with Crippen molar-refractivity contribution in [3.05, 3.63) is 58.6 Å². The topological polar surface area (TPSA) is 62.5 Å². The molecule has 0 aromatic heterocycles. The van der Waals surface area contributed by atoms with Gasteiger partial charge in [0.1, 0.15) is 12.7 Å². The SMILES string of the molecule is COc1cc(C#N)ccc1OCC(O)c1cccc(Cl)c1. The molecule has 0 saturated heterocycles. The van der Waals surface area contributed by atoms with Crippen LogP contribution >= 0.6 is 11.6 Å². The maximum atomic E-state index is 10.1. The maximum Gasteiger partial charge on any atom is 0.162 e. The third-order valence-corrected chi connectivity index (χ3v) is 3.16. The molecule has 0 spiro atoms. The van der Waals surface area contributed by atoms with Crippen LogP contribution in [0.15, 0.2) is 42.5 Å². The first kappa shape index (κ1) is 15.2. The number of benzene rings is 2. The van der Waals surface area contributed by atoms with Crippen molar-refractivity contribution in [1.29, 1.82) is 5.26 Å². The zero-order valence-corrected chi connectivity index (χ0v) is 12.2. The summed E-state index contributed by atoms with van der Waals surface area (Å²) >= 11 is 5.88. The van der Waals surface area contributed by atoms with E-state index in [0.717, 1.165) is 0 Å². The molecule has 0 bridgehead atoms. The van der Waals surface area contributed by atoms with Gasteiger partial charge >= 0.3 is 0 Å². The quantitative estimate of drug-likeness (QED) is 0.920. The number of hydrogen-bond acceptors (Lipinski definition) is 4. The Hall–Kier alpha value is -2.22. The van der Waals surface area contributed by atoms with Crippen LogP contribution in [0.1, 0.15) is 17.2 Å². The van der Waals surface area contributed by atoms with Gasteiger partial charge in [-0.25, -0.2) is 0 Å². The average Bonchev–Trinajstić information content (AvgIpc) is 2.52. The summed E-state index contributed by atoms with van der Waals surface area (Å²) in [4.78, 5) is 0. The Kier molecular flexibility index (Phi) is 5.04. The van der Waals surface area contributed by atoms with E-state index in [1.165, 1.54) is 7.11 Å². The van der Waals surface area contributed by atoms with E-state index in [1.807, 2.05) is 6.07 Å². The second kappa shape index (κ2) is 6.98. The number of rotatable bonds is 5. The molecule has 4 nitrogen and oxygen atoms in total. The minimum Gasteiger partial charge on any atom is -0.493 e. The van der Waals surface area contributed by atoms with Gasteiger partial charge in [-0.1, -0.05) is 23.7 Å². The molecule has 21 heavy (non-hydrogen) atoms. The fourth-order valence-electron chi connectivity index (χ4n) is 1.84. The number of hydrogen-bond donors (Lipinski definition) is 1. The smallest absolute Gasteiger partial charge is 0.162 e. The number of aliphatic hydroxyl groups excluding tert-OH is 1. The van der Waals surface area contributed by atoms with Crippen molar-refractivity contribution in [2.45, 2.75) is 6.10 Å². The molecule has 1 atom stereocenters. The summed E-state index contributed by atoms with van der Waals surface area (Å²) in [5.74, 6) is 0.921. The first-order chi connectivity index (χ1) is 10.1. The predicted molar refractivity (Wildman–Crippen MR) is 79.6 cm³/mol. The Labute approximate surface area is 128 Å². The monoisotopic (exact) mass is 303 g/mol. The van der Waals surface area contributed by atoms with Crippen LogP contribution in [0, 0.1) is 11.3 Å². The normalized spacial score (nSPS) is 11.5. The van der Waals surface area contributed by atoms with E-state index in [2.05, 4.69) is 0 Å². The fraction of sp³-hybridized carbons (Fsp3) is 0.188. The predicted octanol–water partition coefficient (Wildman–Crippen LogP) is 3.33. The van der Waals surface area contributed by atoms with Gasteiger partial charge in [0.15, 0.2) is 11.5 Å². The third kappa shape index (κ3) is 3.88. The van der Waals surface area contributed by atoms with Crippen LogP contribution in [0.2, 0.25) is 5.02 Å². The van der Waals surface area contributed by atoms with E-state index >= 15 is 0 Å². The van der Waals surface area contributed by atoms with Crippen LogP contribution in [0.5, 0.6) is 11.5 Å². The van der Waals surface area contributed by atoms with E-state index in [4.69, 9.17) is 26.3 Å². The average molecular weight is 304 g/mol. The van der Waals surface area contributed by atoms with Crippen LogP contribution in [-0.2, 0) is 0 Å². The molecule has 0 amide bonds. The molecule has 0 aliphatic carbocycles. The van der Waals surface area contributed by atoms with Crippen molar-refractivity contribution >= 4 is 11.6 Å². The number of nitrogens with zero attached hydrogens (tertiary/aromatic N) is 1. The van der Waals surface area contributed by atoms with E-state index in [1.54, 1.807) is 42.5 Å². The second-order valence-corrected chi connectivity index (χ2v) is 4.80. The number of halogens is 1. The Balaban J connectivity index is 2.08. The largest absolute Gasteiger partial charge is 0.493 e. The lowest BCUT2D eigenvalue weighted by molar-refractivity contribution is 0.106.